The molecule has 0 aliphatic carbocycles. The van der Waals surface area contributed by atoms with Gasteiger partial charge in [0.15, 0.2) is 0 Å². The zero-order valence-electron chi connectivity index (χ0n) is 6.54. The monoisotopic (exact) mass is 198 g/mol. The Morgan fingerprint density at radius 3 is 3.17 bits per heavy atom. The summed E-state index contributed by atoms with van der Waals surface area (Å²) >= 11 is 7.41. The molecule has 0 atom stereocenters. The van der Waals surface area contributed by atoms with Crippen molar-refractivity contribution >= 4 is 33.2 Å². The maximum Gasteiger partial charge on any atom is 0.130 e. The normalized spacial score (nSPS) is 10.8. The van der Waals surface area contributed by atoms with Crippen LogP contribution in [0.1, 0.15) is 11.9 Å². The highest BCUT2D eigenvalue weighted by molar-refractivity contribution is 7.18. The average Bonchev–Trinajstić information content (AvgIpc) is 2.46. The van der Waals surface area contributed by atoms with Crippen LogP contribution in [0.3, 0.4) is 0 Å². The number of aryl methyl sites for hydroxylation is 1. The minimum Gasteiger partial charge on any atom is -0.242 e. The topological polar surface area (TPSA) is 25.8 Å². The summed E-state index contributed by atoms with van der Waals surface area (Å²) in [6.45, 7) is 2.09. The Balaban J connectivity index is 2.67. The molecule has 0 N–H and O–H groups in total. The molecule has 0 spiro atoms. The van der Waals surface area contributed by atoms with Crippen molar-refractivity contribution in [1.82, 2.24) is 9.97 Å². The summed E-state index contributed by atoms with van der Waals surface area (Å²) < 4.78 is 1.12. The molecule has 0 aliphatic rings. The van der Waals surface area contributed by atoms with Crippen LogP contribution in [0.4, 0.5) is 0 Å². The number of nitrogens with zero attached hydrogens (tertiary/aromatic N) is 2. The van der Waals surface area contributed by atoms with E-state index < -0.39 is 0 Å². The minimum atomic E-state index is 0.536. The largest absolute Gasteiger partial charge is 0.242 e. The van der Waals surface area contributed by atoms with E-state index >= 15 is 0 Å². The van der Waals surface area contributed by atoms with Gasteiger partial charge in [-0.25, -0.2) is 9.97 Å². The van der Waals surface area contributed by atoms with Crippen LogP contribution in [-0.2, 0) is 6.42 Å². The molecule has 2 nitrogen and oxygen atoms in total. The summed E-state index contributed by atoms with van der Waals surface area (Å²) in [5.74, 6) is 0. The summed E-state index contributed by atoms with van der Waals surface area (Å²) in [7, 11) is 0. The van der Waals surface area contributed by atoms with E-state index in [1.165, 1.54) is 0 Å². The van der Waals surface area contributed by atoms with Gasteiger partial charge >= 0.3 is 0 Å². The number of aromatic nitrogens is 2. The third-order valence-electron chi connectivity index (χ3n) is 1.59. The zero-order valence-corrected chi connectivity index (χ0v) is 8.11. The standard InChI is InChI=1S/C8H7ClN2S/c1-2-8-11-5-4-10-7(9)3-6(5)12-8/h3-4H,2H2,1H3. The van der Waals surface area contributed by atoms with Crippen LogP contribution in [0.15, 0.2) is 12.3 Å². The van der Waals surface area contributed by atoms with E-state index in [4.69, 9.17) is 11.6 Å². The Labute approximate surface area is 79.2 Å². The molecule has 2 heterocycles. The number of thiazole rings is 1. The van der Waals surface area contributed by atoms with Gasteiger partial charge in [-0.3, -0.25) is 0 Å². The van der Waals surface area contributed by atoms with Crippen LogP contribution in [0, 0.1) is 0 Å². The zero-order chi connectivity index (χ0) is 8.55. The van der Waals surface area contributed by atoms with Gasteiger partial charge < -0.3 is 0 Å². The van der Waals surface area contributed by atoms with Crippen LogP contribution in [0.5, 0.6) is 0 Å². The average molecular weight is 199 g/mol. The van der Waals surface area contributed by atoms with E-state index in [1.54, 1.807) is 17.5 Å². The van der Waals surface area contributed by atoms with Crippen LogP contribution >= 0.6 is 22.9 Å². The lowest BCUT2D eigenvalue weighted by molar-refractivity contribution is 1.11. The van der Waals surface area contributed by atoms with Gasteiger partial charge in [0, 0.05) is 0 Å². The SMILES string of the molecule is CCc1nc2cnc(Cl)cc2s1. The molecule has 0 saturated heterocycles. The molecule has 2 aromatic rings. The molecule has 2 rings (SSSR count). The minimum absolute atomic E-state index is 0.536. The van der Waals surface area contributed by atoms with Crippen molar-refractivity contribution in [3.05, 3.63) is 22.4 Å². The lowest BCUT2D eigenvalue weighted by Gasteiger charge is -1.85. The van der Waals surface area contributed by atoms with Gasteiger partial charge in [0.25, 0.3) is 0 Å². The number of fused-ring (bicyclic) bond motifs is 1. The lowest BCUT2D eigenvalue weighted by Crippen LogP contribution is -1.75. The first-order valence-corrected chi connectivity index (χ1v) is 4.90. The number of rotatable bonds is 1. The van der Waals surface area contributed by atoms with Gasteiger partial charge in [-0.05, 0) is 12.5 Å². The fourth-order valence-corrected chi connectivity index (χ4v) is 2.15. The van der Waals surface area contributed by atoms with Gasteiger partial charge in [0.2, 0.25) is 0 Å². The Kier molecular flexibility index (Phi) is 1.98. The van der Waals surface area contributed by atoms with Crippen molar-refractivity contribution in [3.63, 3.8) is 0 Å². The third kappa shape index (κ3) is 1.30. The molecule has 12 heavy (non-hydrogen) atoms. The van der Waals surface area contributed by atoms with E-state index in [9.17, 15) is 0 Å². The lowest BCUT2D eigenvalue weighted by atomic mass is 10.4. The molecule has 0 radical (unpaired) electrons. The quantitative estimate of drug-likeness (QED) is 0.659. The van der Waals surface area contributed by atoms with Crippen LogP contribution in [0.25, 0.3) is 10.2 Å². The molecule has 0 unspecified atom stereocenters. The maximum atomic E-state index is 5.74. The molecule has 0 saturated carbocycles. The fourth-order valence-electron chi connectivity index (χ4n) is 1.01. The first-order valence-electron chi connectivity index (χ1n) is 3.70. The van der Waals surface area contributed by atoms with Gasteiger partial charge in [-0.1, -0.05) is 18.5 Å². The second-order valence-corrected chi connectivity index (χ2v) is 3.94. The van der Waals surface area contributed by atoms with Crippen molar-refractivity contribution in [2.75, 3.05) is 0 Å². The number of hydrogen-bond donors (Lipinski definition) is 0. The predicted octanol–water partition coefficient (Wildman–Crippen LogP) is 2.91. The second-order valence-electron chi connectivity index (χ2n) is 2.44. The van der Waals surface area contributed by atoms with E-state index in [0.29, 0.717) is 5.15 Å². The molecule has 62 valence electrons. The second kappa shape index (κ2) is 2.99. The highest BCUT2D eigenvalue weighted by Gasteiger charge is 2.02. The molecule has 2 aromatic heterocycles. The summed E-state index contributed by atoms with van der Waals surface area (Å²) in [6.07, 6.45) is 2.68. The van der Waals surface area contributed by atoms with Gasteiger partial charge in [0.05, 0.1) is 21.4 Å². The van der Waals surface area contributed by atoms with E-state index in [-0.39, 0.29) is 0 Å². The predicted molar refractivity (Wildman–Crippen MR) is 51.8 cm³/mol. The Morgan fingerprint density at radius 1 is 1.58 bits per heavy atom. The highest BCUT2D eigenvalue weighted by atomic mass is 35.5. The van der Waals surface area contributed by atoms with Crippen LogP contribution < -0.4 is 0 Å². The van der Waals surface area contributed by atoms with Gasteiger partial charge in [-0.2, -0.15) is 0 Å². The van der Waals surface area contributed by atoms with Crippen molar-refractivity contribution in [3.8, 4) is 0 Å². The van der Waals surface area contributed by atoms with Crippen molar-refractivity contribution < 1.29 is 0 Å². The smallest absolute Gasteiger partial charge is 0.130 e. The molecule has 0 aromatic carbocycles. The first-order chi connectivity index (χ1) is 5.79. The third-order valence-corrected chi connectivity index (χ3v) is 2.96. The number of hydrogen-bond acceptors (Lipinski definition) is 3. The highest BCUT2D eigenvalue weighted by Crippen LogP contribution is 2.23. The Morgan fingerprint density at radius 2 is 2.42 bits per heavy atom. The molecule has 0 bridgehead atoms. The molecular formula is C8H7ClN2S. The molecule has 0 amide bonds. The van der Waals surface area contributed by atoms with Crippen LogP contribution in [0.2, 0.25) is 5.15 Å². The van der Waals surface area contributed by atoms with Crippen LogP contribution in [-0.4, -0.2) is 9.97 Å². The number of pyridine rings is 1. The molecule has 0 fully saturated rings. The summed E-state index contributed by atoms with van der Waals surface area (Å²) in [4.78, 5) is 8.33. The van der Waals surface area contributed by atoms with E-state index in [1.807, 2.05) is 6.07 Å². The fraction of sp³-hybridized carbons (Fsp3) is 0.250. The Hall–Kier alpha value is -0.670. The van der Waals surface area contributed by atoms with Crippen molar-refractivity contribution in [1.29, 1.82) is 0 Å². The van der Waals surface area contributed by atoms with E-state index in [0.717, 1.165) is 21.6 Å². The molecule has 0 aliphatic heterocycles. The van der Waals surface area contributed by atoms with Gasteiger partial charge in [0.1, 0.15) is 5.15 Å². The summed E-state index contributed by atoms with van der Waals surface area (Å²) in [5, 5.41) is 1.67. The van der Waals surface area contributed by atoms with Crippen molar-refractivity contribution in [2.45, 2.75) is 13.3 Å². The maximum absolute atomic E-state index is 5.74. The van der Waals surface area contributed by atoms with Gasteiger partial charge in [-0.15, -0.1) is 11.3 Å². The summed E-state index contributed by atoms with van der Waals surface area (Å²) in [6, 6.07) is 1.85. The molecular weight excluding hydrogens is 192 g/mol. The Bertz CT molecular complexity index is 410. The molecule has 4 heteroatoms. The summed E-state index contributed by atoms with van der Waals surface area (Å²) in [5.41, 5.74) is 0.946. The van der Waals surface area contributed by atoms with Crippen molar-refractivity contribution in [2.24, 2.45) is 0 Å². The van der Waals surface area contributed by atoms with E-state index in [2.05, 4.69) is 16.9 Å². The number of halogens is 1. The first kappa shape index (κ1) is 7.95.